The van der Waals surface area contributed by atoms with Crippen molar-refractivity contribution in [2.75, 3.05) is 11.9 Å². The summed E-state index contributed by atoms with van der Waals surface area (Å²) in [7, 11) is 0. The molecule has 1 unspecified atom stereocenters. The van der Waals surface area contributed by atoms with Gasteiger partial charge in [0.15, 0.2) is 0 Å². The van der Waals surface area contributed by atoms with Gasteiger partial charge in [-0.05, 0) is 31.0 Å². The fraction of sp³-hybridized carbons (Fsp3) is 0.444. The molecule has 1 aliphatic carbocycles. The van der Waals surface area contributed by atoms with Crippen molar-refractivity contribution in [3.05, 3.63) is 54.1 Å². The predicted molar refractivity (Wildman–Crippen MR) is 83.7 cm³/mol. The van der Waals surface area contributed by atoms with Crippen molar-refractivity contribution < 1.29 is 0 Å². The maximum atomic E-state index is 3.85. The summed E-state index contributed by atoms with van der Waals surface area (Å²) < 4.78 is 0. The molecule has 104 valence electrons. The second kappa shape index (κ2) is 4.49. The zero-order valence-electron chi connectivity index (χ0n) is 12.0. The van der Waals surface area contributed by atoms with Gasteiger partial charge in [0.25, 0.3) is 0 Å². The second-order valence-electron chi connectivity index (χ2n) is 6.56. The van der Waals surface area contributed by atoms with Gasteiger partial charge in [-0.25, -0.2) is 0 Å². The molecule has 20 heavy (non-hydrogen) atoms. The number of fused-ring (bicyclic) bond motifs is 3. The monoisotopic (exact) mass is 266 g/mol. The molecule has 0 amide bonds. The average molecular weight is 266 g/mol. The van der Waals surface area contributed by atoms with Crippen LogP contribution in [0.3, 0.4) is 0 Å². The molecule has 0 spiro atoms. The summed E-state index contributed by atoms with van der Waals surface area (Å²) in [4.78, 5) is 0. The first-order valence-corrected chi connectivity index (χ1v) is 7.71. The Hall–Kier alpha value is -1.54. The molecule has 2 aliphatic heterocycles. The topological polar surface area (TPSA) is 24.1 Å². The van der Waals surface area contributed by atoms with E-state index in [1.54, 1.807) is 0 Å². The highest BCUT2D eigenvalue weighted by atomic mass is 15.1. The first-order chi connectivity index (χ1) is 9.79. The Morgan fingerprint density at radius 2 is 2.10 bits per heavy atom. The lowest BCUT2D eigenvalue weighted by Crippen LogP contribution is -2.49. The van der Waals surface area contributed by atoms with E-state index in [9.17, 15) is 0 Å². The van der Waals surface area contributed by atoms with Gasteiger partial charge in [0, 0.05) is 29.1 Å². The molecule has 2 N–H and O–H groups in total. The normalized spacial score (nSPS) is 38.1. The summed E-state index contributed by atoms with van der Waals surface area (Å²) in [6, 6.07) is 9.80. The highest BCUT2D eigenvalue weighted by Gasteiger charge is 2.50. The minimum Gasteiger partial charge on any atom is -0.381 e. The van der Waals surface area contributed by atoms with Crippen LogP contribution >= 0.6 is 0 Å². The van der Waals surface area contributed by atoms with Gasteiger partial charge < -0.3 is 10.6 Å². The minimum atomic E-state index is 0.300. The number of rotatable bonds is 1. The average Bonchev–Trinajstić information content (AvgIpc) is 2.90. The molecule has 4 rings (SSSR count). The molecule has 2 heterocycles. The molecule has 2 heteroatoms. The van der Waals surface area contributed by atoms with Crippen molar-refractivity contribution in [1.29, 1.82) is 0 Å². The molecule has 1 aromatic rings. The van der Waals surface area contributed by atoms with Gasteiger partial charge in [-0.2, -0.15) is 0 Å². The summed E-state index contributed by atoms with van der Waals surface area (Å²) in [6.45, 7) is 3.58. The number of allylic oxidation sites excluding steroid dienone is 3. The molecule has 0 aromatic heterocycles. The van der Waals surface area contributed by atoms with Gasteiger partial charge >= 0.3 is 0 Å². The zero-order valence-corrected chi connectivity index (χ0v) is 12.0. The standard InChI is InChI=1S/C18H22N2/c1-18-11-12-19-17(18)14-9-5-6-10-15(14)20-16(18)13-7-3-2-4-8-13/h2-7,9-10,13,16-17,19-20H,8,11-12H2,1H3/t13?,16-,17-,18+/m0/s1. The molecule has 4 atom stereocenters. The maximum absolute atomic E-state index is 3.85. The summed E-state index contributed by atoms with van der Waals surface area (Å²) in [6.07, 6.45) is 11.5. The molecule has 1 fully saturated rings. The van der Waals surface area contributed by atoms with Crippen LogP contribution in [0.5, 0.6) is 0 Å². The summed E-state index contributed by atoms with van der Waals surface area (Å²) >= 11 is 0. The van der Waals surface area contributed by atoms with E-state index in [1.165, 1.54) is 17.7 Å². The zero-order chi connectivity index (χ0) is 13.6. The Balaban J connectivity index is 1.77. The van der Waals surface area contributed by atoms with E-state index in [0.29, 0.717) is 23.4 Å². The van der Waals surface area contributed by atoms with Crippen LogP contribution in [0.2, 0.25) is 0 Å². The van der Waals surface area contributed by atoms with Gasteiger partial charge in [0.1, 0.15) is 0 Å². The summed E-state index contributed by atoms with van der Waals surface area (Å²) in [5, 5.41) is 7.60. The first kappa shape index (κ1) is 12.2. The van der Waals surface area contributed by atoms with Crippen molar-refractivity contribution in [1.82, 2.24) is 5.32 Å². The quantitative estimate of drug-likeness (QED) is 0.810. The Kier molecular flexibility index (Phi) is 2.74. The van der Waals surface area contributed by atoms with Crippen molar-refractivity contribution in [2.24, 2.45) is 11.3 Å². The summed E-state index contributed by atoms with van der Waals surface area (Å²) in [5.74, 6) is 0.598. The third kappa shape index (κ3) is 1.68. The van der Waals surface area contributed by atoms with Crippen molar-refractivity contribution in [3.63, 3.8) is 0 Å². The number of para-hydroxylation sites is 1. The van der Waals surface area contributed by atoms with E-state index >= 15 is 0 Å². The molecule has 1 aromatic carbocycles. The number of anilines is 1. The van der Waals surface area contributed by atoms with Crippen LogP contribution in [0.1, 0.15) is 31.4 Å². The molecule has 0 bridgehead atoms. The first-order valence-electron chi connectivity index (χ1n) is 7.71. The van der Waals surface area contributed by atoms with E-state index in [2.05, 4.69) is 66.1 Å². The number of hydrogen-bond donors (Lipinski definition) is 2. The Bertz CT molecular complexity index is 575. The van der Waals surface area contributed by atoms with Gasteiger partial charge in [-0.1, -0.05) is 49.4 Å². The fourth-order valence-electron chi connectivity index (χ4n) is 4.32. The van der Waals surface area contributed by atoms with E-state index < -0.39 is 0 Å². The van der Waals surface area contributed by atoms with Crippen LogP contribution < -0.4 is 10.6 Å². The second-order valence-corrected chi connectivity index (χ2v) is 6.56. The Morgan fingerprint density at radius 3 is 2.95 bits per heavy atom. The Labute approximate surface area is 121 Å². The Morgan fingerprint density at radius 1 is 1.20 bits per heavy atom. The van der Waals surface area contributed by atoms with E-state index in [0.717, 1.165) is 13.0 Å². The highest BCUT2D eigenvalue weighted by molar-refractivity contribution is 5.58. The van der Waals surface area contributed by atoms with Gasteiger partial charge in [0.2, 0.25) is 0 Å². The molecule has 2 nitrogen and oxygen atoms in total. The third-order valence-electron chi connectivity index (χ3n) is 5.41. The van der Waals surface area contributed by atoms with Crippen LogP contribution in [0.25, 0.3) is 0 Å². The minimum absolute atomic E-state index is 0.300. The lowest BCUT2D eigenvalue weighted by molar-refractivity contribution is 0.191. The number of hydrogen-bond acceptors (Lipinski definition) is 2. The fourth-order valence-corrected chi connectivity index (χ4v) is 4.32. The van der Waals surface area contributed by atoms with Gasteiger partial charge in [-0.3, -0.25) is 0 Å². The smallest absolute Gasteiger partial charge is 0.0415 e. The maximum Gasteiger partial charge on any atom is 0.0415 e. The van der Waals surface area contributed by atoms with Gasteiger partial charge in [0.05, 0.1) is 0 Å². The number of nitrogens with one attached hydrogen (secondary N) is 2. The van der Waals surface area contributed by atoms with Crippen LogP contribution in [-0.2, 0) is 0 Å². The lowest BCUT2D eigenvalue weighted by Gasteiger charge is -2.48. The molecule has 3 aliphatic rings. The molecule has 1 saturated heterocycles. The SMILES string of the molecule is C[C@]12CCN[C@H]1c1ccccc1N[C@H]2C1C=CC=CC1. The van der Waals surface area contributed by atoms with Crippen LogP contribution in [-0.4, -0.2) is 12.6 Å². The molecule has 0 radical (unpaired) electrons. The molecular formula is C18H22N2. The van der Waals surface area contributed by atoms with Crippen LogP contribution in [0.15, 0.2) is 48.6 Å². The summed E-state index contributed by atoms with van der Waals surface area (Å²) in [5.41, 5.74) is 3.06. The van der Waals surface area contributed by atoms with E-state index in [-0.39, 0.29) is 0 Å². The predicted octanol–water partition coefficient (Wildman–Crippen LogP) is 3.65. The van der Waals surface area contributed by atoms with Gasteiger partial charge in [-0.15, -0.1) is 0 Å². The lowest BCUT2D eigenvalue weighted by atomic mass is 9.65. The van der Waals surface area contributed by atoms with Crippen LogP contribution in [0, 0.1) is 11.3 Å². The van der Waals surface area contributed by atoms with Crippen molar-refractivity contribution >= 4 is 5.69 Å². The van der Waals surface area contributed by atoms with Crippen molar-refractivity contribution in [2.45, 2.75) is 31.8 Å². The third-order valence-corrected chi connectivity index (χ3v) is 5.41. The van der Waals surface area contributed by atoms with Crippen LogP contribution in [0.4, 0.5) is 5.69 Å². The highest BCUT2D eigenvalue weighted by Crippen LogP contribution is 2.52. The molecule has 0 saturated carbocycles. The van der Waals surface area contributed by atoms with E-state index in [1.807, 2.05) is 0 Å². The molecular weight excluding hydrogens is 244 g/mol. The van der Waals surface area contributed by atoms with E-state index in [4.69, 9.17) is 0 Å². The largest absolute Gasteiger partial charge is 0.381 e. The number of benzene rings is 1. The van der Waals surface area contributed by atoms with Crippen molar-refractivity contribution in [3.8, 4) is 0 Å².